The number of carboxylic acid groups (broad SMARTS) is 1. The van der Waals surface area contributed by atoms with Gasteiger partial charge in [0.2, 0.25) is 0 Å². The molecule has 5 nitrogen and oxygen atoms in total. The molecule has 2 rings (SSSR count). The van der Waals surface area contributed by atoms with E-state index >= 15 is 0 Å². The fourth-order valence-corrected chi connectivity index (χ4v) is 1.61. The lowest BCUT2D eigenvalue weighted by Gasteiger charge is -2.03. The molecular formula is C12H13N3O2. The van der Waals surface area contributed by atoms with Gasteiger partial charge in [-0.05, 0) is 6.92 Å². The van der Waals surface area contributed by atoms with Crippen LogP contribution in [0.3, 0.4) is 0 Å². The highest BCUT2D eigenvalue weighted by molar-refractivity contribution is 5.66. The van der Waals surface area contributed by atoms with E-state index in [4.69, 9.17) is 5.11 Å². The molecule has 0 amide bonds. The van der Waals surface area contributed by atoms with E-state index in [1.807, 2.05) is 30.3 Å². The number of carbonyl (C=O) groups is 1. The predicted molar refractivity (Wildman–Crippen MR) is 62.4 cm³/mol. The normalized spacial score (nSPS) is 10.4. The quantitative estimate of drug-likeness (QED) is 0.870. The van der Waals surface area contributed by atoms with Crippen LogP contribution in [0, 0.1) is 6.92 Å². The van der Waals surface area contributed by atoms with E-state index in [9.17, 15) is 4.79 Å². The van der Waals surface area contributed by atoms with E-state index in [-0.39, 0.29) is 6.42 Å². The molecule has 0 fully saturated rings. The van der Waals surface area contributed by atoms with Crippen molar-refractivity contribution >= 4 is 5.97 Å². The molecule has 5 heteroatoms. The fraction of sp³-hybridized carbons (Fsp3) is 0.250. The summed E-state index contributed by atoms with van der Waals surface area (Å²) in [6, 6.07) is 9.62. The Hall–Kier alpha value is -2.17. The van der Waals surface area contributed by atoms with Gasteiger partial charge in [0.1, 0.15) is 5.82 Å². The lowest BCUT2D eigenvalue weighted by Crippen LogP contribution is -2.07. The summed E-state index contributed by atoms with van der Waals surface area (Å²) < 4.78 is 1.64. The number of hydrogen-bond acceptors (Lipinski definition) is 3. The van der Waals surface area contributed by atoms with E-state index < -0.39 is 5.97 Å². The van der Waals surface area contributed by atoms with Gasteiger partial charge in [-0.2, -0.15) is 5.10 Å². The Morgan fingerprint density at radius 3 is 2.71 bits per heavy atom. The summed E-state index contributed by atoms with van der Waals surface area (Å²) in [5.41, 5.74) is 0.943. The topological polar surface area (TPSA) is 68.0 Å². The number of rotatable bonds is 4. The molecule has 17 heavy (non-hydrogen) atoms. The first kappa shape index (κ1) is 11.3. The van der Waals surface area contributed by atoms with Gasteiger partial charge in [-0.3, -0.25) is 4.79 Å². The van der Waals surface area contributed by atoms with E-state index in [0.29, 0.717) is 18.2 Å². The minimum absolute atomic E-state index is 0.0443. The van der Waals surface area contributed by atoms with Crippen molar-refractivity contribution in [2.45, 2.75) is 19.9 Å². The highest BCUT2D eigenvalue weighted by Gasteiger charge is 2.10. The van der Waals surface area contributed by atoms with Gasteiger partial charge in [-0.15, -0.1) is 0 Å². The summed E-state index contributed by atoms with van der Waals surface area (Å²) in [7, 11) is 0. The maximum absolute atomic E-state index is 10.6. The van der Waals surface area contributed by atoms with Crippen molar-refractivity contribution < 1.29 is 9.90 Å². The van der Waals surface area contributed by atoms with Gasteiger partial charge in [-0.1, -0.05) is 30.3 Å². The van der Waals surface area contributed by atoms with Crippen LogP contribution in [0.15, 0.2) is 30.3 Å². The molecule has 1 aromatic carbocycles. The van der Waals surface area contributed by atoms with Crippen LogP contribution in [0.4, 0.5) is 0 Å². The molecule has 0 saturated heterocycles. The standard InChI is InChI=1S/C12H13N3O2/c1-9-13-12(10-5-3-2-4-6-10)15(14-9)8-7-11(16)17/h2-6H,7-8H2,1H3,(H,16,17). The Labute approximate surface area is 98.7 Å². The molecule has 1 heterocycles. The summed E-state index contributed by atoms with van der Waals surface area (Å²) in [5, 5.41) is 12.9. The van der Waals surface area contributed by atoms with Crippen LogP contribution in [0.5, 0.6) is 0 Å². The lowest BCUT2D eigenvalue weighted by atomic mass is 10.2. The SMILES string of the molecule is Cc1nc(-c2ccccc2)n(CCC(=O)O)n1. The van der Waals surface area contributed by atoms with Crippen molar-refractivity contribution in [2.75, 3.05) is 0 Å². The molecular weight excluding hydrogens is 218 g/mol. The van der Waals surface area contributed by atoms with Gasteiger partial charge < -0.3 is 5.11 Å². The van der Waals surface area contributed by atoms with Crippen molar-refractivity contribution in [2.24, 2.45) is 0 Å². The average molecular weight is 231 g/mol. The zero-order valence-corrected chi connectivity index (χ0v) is 9.50. The molecule has 0 radical (unpaired) electrons. The van der Waals surface area contributed by atoms with Crippen molar-refractivity contribution in [3.8, 4) is 11.4 Å². The van der Waals surface area contributed by atoms with Gasteiger partial charge in [0.05, 0.1) is 13.0 Å². The highest BCUT2D eigenvalue weighted by atomic mass is 16.4. The minimum Gasteiger partial charge on any atom is -0.481 e. The lowest BCUT2D eigenvalue weighted by molar-refractivity contribution is -0.137. The molecule has 2 aromatic rings. The molecule has 0 saturated carbocycles. The molecule has 0 atom stereocenters. The monoisotopic (exact) mass is 231 g/mol. The maximum atomic E-state index is 10.6. The summed E-state index contributed by atoms with van der Waals surface area (Å²) in [6.07, 6.45) is 0.0443. The van der Waals surface area contributed by atoms with Crippen molar-refractivity contribution in [1.82, 2.24) is 14.8 Å². The van der Waals surface area contributed by atoms with Gasteiger partial charge in [0, 0.05) is 5.56 Å². The minimum atomic E-state index is -0.836. The summed E-state index contributed by atoms with van der Waals surface area (Å²) in [6.45, 7) is 2.13. The summed E-state index contributed by atoms with van der Waals surface area (Å²) in [5.74, 6) is 0.524. The zero-order chi connectivity index (χ0) is 12.3. The number of aryl methyl sites for hydroxylation is 2. The van der Waals surface area contributed by atoms with E-state index in [0.717, 1.165) is 5.56 Å². The molecule has 0 bridgehead atoms. The Morgan fingerprint density at radius 2 is 2.06 bits per heavy atom. The van der Waals surface area contributed by atoms with Crippen molar-refractivity contribution in [1.29, 1.82) is 0 Å². The van der Waals surface area contributed by atoms with Crippen molar-refractivity contribution in [3.05, 3.63) is 36.2 Å². The van der Waals surface area contributed by atoms with Gasteiger partial charge >= 0.3 is 5.97 Å². The molecule has 1 aromatic heterocycles. The first-order chi connectivity index (χ1) is 8.16. The van der Waals surface area contributed by atoms with E-state index in [1.165, 1.54) is 0 Å². The predicted octanol–water partition coefficient (Wildman–Crippen LogP) is 1.73. The Balaban J connectivity index is 2.31. The summed E-state index contributed by atoms with van der Waals surface area (Å²) >= 11 is 0. The van der Waals surface area contributed by atoms with Crippen LogP contribution in [0.25, 0.3) is 11.4 Å². The second-order valence-electron chi connectivity index (χ2n) is 3.72. The molecule has 1 N–H and O–H groups in total. The van der Waals surface area contributed by atoms with E-state index in [1.54, 1.807) is 11.6 Å². The number of nitrogens with zero attached hydrogens (tertiary/aromatic N) is 3. The van der Waals surface area contributed by atoms with Gasteiger partial charge in [0.15, 0.2) is 5.82 Å². The molecule has 0 spiro atoms. The number of benzene rings is 1. The summed E-state index contributed by atoms with van der Waals surface area (Å²) in [4.78, 5) is 14.9. The molecule has 0 aliphatic heterocycles. The van der Waals surface area contributed by atoms with E-state index in [2.05, 4.69) is 10.1 Å². The highest BCUT2D eigenvalue weighted by Crippen LogP contribution is 2.16. The van der Waals surface area contributed by atoms with Crippen LogP contribution in [-0.2, 0) is 11.3 Å². The van der Waals surface area contributed by atoms with Gasteiger partial charge in [-0.25, -0.2) is 9.67 Å². The molecule has 0 aliphatic rings. The Kier molecular flexibility index (Phi) is 3.18. The zero-order valence-electron chi connectivity index (χ0n) is 9.50. The Bertz CT molecular complexity index is 520. The third-order valence-corrected chi connectivity index (χ3v) is 2.35. The van der Waals surface area contributed by atoms with Gasteiger partial charge in [0.25, 0.3) is 0 Å². The maximum Gasteiger partial charge on any atom is 0.305 e. The smallest absolute Gasteiger partial charge is 0.305 e. The third kappa shape index (κ3) is 2.69. The number of hydrogen-bond donors (Lipinski definition) is 1. The van der Waals surface area contributed by atoms with Crippen molar-refractivity contribution in [3.63, 3.8) is 0 Å². The van der Waals surface area contributed by atoms with Crippen LogP contribution >= 0.6 is 0 Å². The average Bonchev–Trinajstić information content (AvgIpc) is 2.69. The number of aromatic nitrogens is 3. The van der Waals surface area contributed by atoms with Crippen LogP contribution < -0.4 is 0 Å². The second kappa shape index (κ2) is 4.78. The van der Waals surface area contributed by atoms with Crippen LogP contribution in [0.1, 0.15) is 12.2 Å². The Morgan fingerprint density at radius 1 is 1.35 bits per heavy atom. The molecule has 0 aliphatic carbocycles. The largest absolute Gasteiger partial charge is 0.481 e. The second-order valence-corrected chi connectivity index (χ2v) is 3.72. The third-order valence-electron chi connectivity index (χ3n) is 2.35. The van der Waals surface area contributed by atoms with Crippen LogP contribution in [0.2, 0.25) is 0 Å². The first-order valence-corrected chi connectivity index (χ1v) is 5.35. The first-order valence-electron chi connectivity index (χ1n) is 5.35. The molecule has 0 unspecified atom stereocenters. The fourth-order valence-electron chi connectivity index (χ4n) is 1.61. The molecule has 88 valence electrons. The van der Waals surface area contributed by atoms with Crippen LogP contribution in [-0.4, -0.2) is 25.8 Å². The number of aliphatic carboxylic acids is 1. The number of carboxylic acids is 1.